The summed E-state index contributed by atoms with van der Waals surface area (Å²) >= 11 is 6.41. The lowest BCUT2D eigenvalue weighted by atomic mass is 9.96. The molecule has 0 saturated carbocycles. The third kappa shape index (κ3) is 5.49. The Bertz CT molecular complexity index is 1660. The zero-order chi connectivity index (χ0) is 29.7. The van der Waals surface area contributed by atoms with Crippen molar-refractivity contribution in [3.8, 4) is 34.1 Å². The minimum Gasteiger partial charge on any atom is -0.495 e. The van der Waals surface area contributed by atoms with E-state index in [4.69, 9.17) is 16.3 Å². The summed E-state index contributed by atoms with van der Waals surface area (Å²) in [5, 5.41) is 19.0. The molecular weight excluding hydrogens is 569 g/mol. The highest BCUT2D eigenvalue weighted by molar-refractivity contribution is 6.30. The van der Waals surface area contributed by atoms with Crippen molar-refractivity contribution < 1.29 is 31.8 Å². The van der Waals surface area contributed by atoms with Crippen LogP contribution in [0, 0.1) is 6.92 Å². The van der Waals surface area contributed by atoms with Gasteiger partial charge in [0, 0.05) is 36.0 Å². The predicted octanol–water partition coefficient (Wildman–Crippen LogP) is 6.92. The highest BCUT2D eigenvalue weighted by Gasteiger charge is 2.36. The van der Waals surface area contributed by atoms with E-state index in [1.165, 1.54) is 17.9 Å². The number of aryl methyl sites for hydroxylation is 1. The van der Waals surface area contributed by atoms with Crippen LogP contribution < -0.4 is 4.74 Å². The van der Waals surface area contributed by atoms with Gasteiger partial charge in [-0.15, -0.1) is 10.2 Å². The minimum atomic E-state index is -4.89. The molecule has 13 heteroatoms. The van der Waals surface area contributed by atoms with Crippen molar-refractivity contribution in [2.75, 3.05) is 13.7 Å². The highest BCUT2D eigenvalue weighted by Crippen LogP contribution is 2.41. The number of alkyl halides is 5. The monoisotopic (exact) mass is 591 g/mol. The van der Waals surface area contributed by atoms with Crippen LogP contribution in [0.15, 0.2) is 61.2 Å². The van der Waals surface area contributed by atoms with Gasteiger partial charge in [-0.05, 0) is 48.9 Å². The van der Waals surface area contributed by atoms with Crippen molar-refractivity contribution in [2.45, 2.75) is 32.0 Å². The molecule has 2 aromatic carbocycles. The largest absolute Gasteiger partial charge is 0.495 e. The van der Waals surface area contributed by atoms with Crippen molar-refractivity contribution in [1.82, 2.24) is 24.3 Å². The van der Waals surface area contributed by atoms with Crippen LogP contribution >= 0.6 is 11.6 Å². The molecule has 0 aliphatic carbocycles. The van der Waals surface area contributed by atoms with Gasteiger partial charge >= 0.3 is 6.18 Å². The Hall–Kier alpha value is -4.03. The second-order valence-electron chi connectivity index (χ2n) is 9.59. The van der Waals surface area contributed by atoms with Gasteiger partial charge in [0.25, 0.3) is 5.92 Å². The number of pyridine rings is 1. The first-order chi connectivity index (χ1) is 19.3. The summed E-state index contributed by atoms with van der Waals surface area (Å²) in [7, 11) is 1.51. The number of hydrogen-bond donors (Lipinski definition) is 1. The molecule has 1 atom stereocenters. The maximum atomic E-state index is 14.2. The molecule has 1 unspecified atom stereocenters. The molecular formula is C28H23ClF5N5O2. The quantitative estimate of drug-likeness (QED) is 0.208. The number of fused-ring (bicyclic) bond motifs is 1. The smallest absolute Gasteiger partial charge is 0.416 e. The van der Waals surface area contributed by atoms with Gasteiger partial charge in [0.1, 0.15) is 11.4 Å². The van der Waals surface area contributed by atoms with Crippen LogP contribution in [0.1, 0.15) is 35.3 Å². The van der Waals surface area contributed by atoms with Gasteiger partial charge < -0.3 is 19.0 Å². The minimum absolute atomic E-state index is 0.164. The average molecular weight is 592 g/mol. The fourth-order valence-corrected chi connectivity index (χ4v) is 4.88. The number of rotatable bonds is 7. The summed E-state index contributed by atoms with van der Waals surface area (Å²) in [6.07, 6.45) is -0.0486. The lowest BCUT2D eigenvalue weighted by molar-refractivity contribution is -0.137. The molecule has 41 heavy (non-hydrogen) atoms. The first kappa shape index (κ1) is 28.5. The van der Waals surface area contributed by atoms with E-state index in [-0.39, 0.29) is 16.4 Å². The number of nitrogens with zero attached hydrogens (tertiary/aromatic N) is 5. The maximum Gasteiger partial charge on any atom is 0.416 e. The number of aliphatic hydroxyl groups is 1. The molecule has 5 rings (SSSR count). The number of hydrogen-bond acceptors (Lipinski definition) is 5. The van der Waals surface area contributed by atoms with Crippen LogP contribution in [0.4, 0.5) is 22.0 Å². The normalized spacial score (nSPS) is 13.1. The molecule has 1 N–H and O–H groups in total. The molecule has 7 nitrogen and oxygen atoms in total. The summed E-state index contributed by atoms with van der Waals surface area (Å²) in [5.41, 5.74) is 0.665. The fourth-order valence-electron chi connectivity index (χ4n) is 4.66. The van der Waals surface area contributed by atoms with Crippen LogP contribution in [0.3, 0.4) is 0 Å². The lowest BCUT2D eigenvalue weighted by Gasteiger charge is -2.24. The van der Waals surface area contributed by atoms with Gasteiger partial charge in [-0.2, -0.15) is 13.2 Å². The van der Waals surface area contributed by atoms with Gasteiger partial charge in [0.2, 0.25) is 0 Å². The van der Waals surface area contributed by atoms with E-state index in [9.17, 15) is 27.1 Å². The Morgan fingerprint density at radius 2 is 1.73 bits per heavy atom. The van der Waals surface area contributed by atoms with E-state index in [0.717, 1.165) is 23.5 Å². The third-order valence-electron chi connectivity index (χ3n) is 6.66. The molecule has 0 fully saturated rings. The van der Waals surface area contributed by atoms with E-state index < -0.39 is 35.9 Å². The lowest BCUT2D eigenvalue weighted by Crippen LogP contribution is -2.20. The van der Waals surface area contributed by atoms with Crippen molar-refractivity contribution in [3.05, 3.63) is 88.6 Å². The van der Waals surface area contributed by atoms with Gasteiger partial charge in [-0.25, -0.2) is 13.8 Å². The van der Waals surface area contributed by atoms with Crippen molar-refractivity contribution >= 4 is 11.6 Å². The average Bonchev–Trinajstić information content (AvgIpc) is 3.53. The van der Waals surface area contributed by atoms with Gasteiger partial charge in [0.05, 0.1) is 48.1 Å². The summed E-state index contributed by atoms with van der Waals surface area (Å²) in [5.74, 6) is -2.87. The Morgan fingerprint density at radius 1 is 1.00 bits per heavy atom. The van der Waals surface area contributed by atoms with E-state index in [0.29, 0.717) is 35.6 Å². The zero-order valence-electron chi connectivity index (χ0n) is 21.9. The maximum absolute atomic E-state index is 14.2. The number of ether oxygens (including phenoxy) is 1. The van der Waals surface area contributed by atoms with E-state index in [2.05, 4.69) is 15.2 Å². The van der Waals surface area contributed by atoms with Crippen LogP contribution in [-0.4, -0.2) is 43.1 Å². The molecule has 2 aliphatic heterocycles. The number of methoxy groups -OCH3 is 1. The highest BCUT2D eigenvalue weighted by atomic mass is 35.5. The first-order valence-corrected chi connectivity index (χ1v) is 12.6. The standard InChI is InChI=1S/C28H23ClF5N5O2/c1-15-11-38(14-35-15)22-5-4-16(8-24(22)41-3)25-21-10-20(29)12-39(26(21)37-36-25)23(13-40)17-6-18(27(2,30)31)9-19(7-17)28(32,33)34/h4-12,14,23,40H,13H2,1-3H3. The molecule has 3 aromatic rings. The van der Waals surface area contributed by atoms with Crippen LogP contribution in [0.2, 0.25) is 5.02 Å². The number of benzene rings is 2. The van der Waals surface area contributed by atoms with Gasteiger partial charge in [-0.3, -0.25) is 0 Å². The molecule has 0 bridgehead atoms. The summed E-state index contributed by atoms with van der Waals surface area (Å²) in [4.78, 5) is 4.23. The van der Waals surface area contributed by atoms with E-state index in [1.807, 2.05) is 13.1 Å². The number of aliphatic hydroxyl groups excluding tert-OH is 1. The van der Waals surface area contributed by atoms with Crippen LogP contribution in [0.25, 0.3) is 28.3 Å². The Kier molecular flexibility index (Phi) is 7.24. The van der Waals surface area contributed by atoms with E-state index in [1.54, 1.807) is 35.2 Å². The van der Waals surface area contributed by atoms with Crippen molar-refractivity contribution in [3.63, 3.8) is 0 Å². The molecule has 3 heterocycles. The number of halogens is 6. The van der Waals surface area contributed by atoms with Crippen molar-refractivity contribution in [1.29, 1.82) is 0 Å². The summed E-state index contributed by atoms with van der Waals surface area (Å²) < 4.78 is 78.0. The van der Waals surface area contributed by atoms with Gasteiger partial charge in [0.15, 0.2) is 5.82 Å². The summed E-state index contributed by atoms with van der Waals surface area (Å²) in [6, 6.07) is 7.75. The number of aromatic nitrogens is 5. The third-order valence-corrected chi connectivity index (χ3v) is 6.86. The zero-order valence-corrected chi connectivity index (χ0v) is 22.7. The Labute approximate surface area is 236 Å². The molecule has 214 valence electrons. The second kappa shape index (κ2) is 10.4. The molecule has 0 saturated heterocycles. The number of imidazole rings is 1. The van der Waals surface area contributed by atoms with Gasteiger partial charge in [-0.1, -0.05) is 17.7 Å². The topological polar surface area (TPSA) is 78.0 Å². The van der Waals surface area contributed by atoms with Crippen molar-refractivity contribution in [2.24, 2.45) is 0 Å². The molecule has 0 amide bonds. The van der Waals surface area contributed by atoms with E-state index >= 15 is 0 Å². The fraction of sp³-hybridized carbons (Fsp3) is 0.250. The molecule has 0 radical (unpaired) electrons. The first-order valence-electron chi connectivity index (χ1n) is 12.2. The second-order valence-corrected chi connectivity index (χ2v) is 10.0. The van der Waals surface area contributed by atoms with Crippen LogP contribution in [-0.2, 0) is 12.1 Å². The van der Waals surface area contributed by atoms with Crippen LogP contribution in [0.5, 0.6) is 5.75 Å². The predicted molar refractivity (Wildman–Crippen MR) is 142 cm³/mol. The SMILES string of the molecule is COc1cc(-c2nnc3n(C(CO)c4cc(C(C)(F)F)cc(C(F)(F)F)c4)cc(Cl)cc2-3)ccc1-n1cnc(C)c1. The molecule has 1 aromatic heterocycles. The summed E-state index contributed by atoms with van der Waals surface area (Å²) in [6.45, 7) is 1.63. The molecule has 0 spiro atoms. The Morgan fingerprint density at radius 3 is 2.34 bits per heavy atom. The molecule has 2 aliphatic rings. The Balaban J connectivity index is 1.61.